The number of allylic oxidation sites excluding steroid dienone is 6. The van der Waals surface area contributed by atoms with Crippen molar-refractivity contribution in [2.24, 2.45) is 0 Å². The largest absolute Gasteiger partial charge is 0.462 e. The van der Waals surface area contributed by atoms with Gasteiger partial charge in [-0.1, -0.05) is 211 Å². The van der Waals surface area contributed by atoms with Crippen molar-refractivity contribution in [3.8, 4) is 0 Å². The molecule has 0 spiro atoms. The van der Waals surface area contributed by atoms with Crippen LogP contribution in [-0.2, 0) is 28.6 Å². The maximum atomic E-state index is 12.8. The van der Waals surface area contributed by atoms with E-state index in [0.29, 0.717) is 19.3 Å². The molecule has 0 rings (SSSR count). The third-order valence-corrected chi connectivity index (χ3v) is 12.1. The van der Waals surface area contributed by atoms with Gasteiger partial charge >= 0.3 is 17.9 Å². The van der Waals surface area contributed by atoms with Crippen LogP contribution in [0.25, 0.3) is 0 Å². The van der Waals surface area contributed by atoms with Gasteiger partial charge in [0.15, 0.2) is 6.10 Å². The van der Waals surface area contributed by atoms with Gasteiger partial charge in [-0.2, -0.15) is 0 Å². The van der Waals surface area contributed by atoms with Crippen LogP contribution in [0, 0.1) is 0 Å². The minimum atomic E-state index is -0.781. The zero-order valence-electron chi connectivity index (χ0n) is 42.1. The van der Waals surface area contributed by atoms with Gasteiger partial charge in [-0.3, -0.25) is 14.4 Å². The highest BCUT2D eigenvalue weighted by molar-refractivity contribution is 5.71. The Balaban J connectivity index is 4.39. The van der Waals surface area contributed by atoms with E-state index in [4.69, 9.17) is 14.2 Å². The summed E-state index contributed by atoms with van der Waals surface area (Å²) in [6.45, 7) is 6.62. The van der Waals surface area contributed by atoms with Crippen LogP contribution in [0.5, 0.6) is 0 Å². The van der Waals surface area contributed by atoms with Gasteiger partial charge in [-0.25, -0.2) is 0 Å². The van der Waals surface area contributed by atoms with Crippen LogP contribution in [0.4, 0.5) is 0 Å². The molecule has 0 aliphatic rings. The summed E-state index contributed by atoms with van der Waals surface area (Å²) in [5.41, 5.74) is 0. The van der Waals surface area contributed by atoms with Crippen molar-refractivity contribution in [2.75, 3.05) is 13.2 Å². The lowest BCUT2D eigenvalue weighted by atomic mass is 10.1. The van der Waals surface area contributed by atoms with Crippen molar-refractivity contribution < 1.29 is 28.6 Å². The summed E-state index contributed by atoms with van der Waals surface area (Å²) in [5.74, 6) is -0.897. The topological polar surface area (TPSA) is 78.9 Å². The number of ether oxygens (including phenoxy) is 3. The molecule has 0 aliphatic heterocycles. The van der Waals surface area contributed by atoms with Gasteiger partial charge in [-0.15, -0.1) is 0 Å². The third-order valence-electron chi connectivity index (χ3n) is 12.1. The monoisotopic (exact) mass is 885 g/mol. The average Bonchev–Trinajstić information content (AvgIpc) is 3.28. The van der Waals surface area contributed by atoms with Gasteiger partial charge < -0.3 is 14.2 Å². The second-order valence-electron chi connectivity index (χ2n) is 18.5. The summed E-state index contributed by atoms with van der Waals surface area (Å²) >= 11 is 0. The molecule has 63 heavy (non-hydrogen) atoms. The van der Waals surface area contributed by atoms with Gasteiger partial charge in [-0.05, 0) is 96.3 Å². The SMILES string of the molecule is CCCCCC/C=C\CCCCCCCCCC(=O)OC(COC(=O)CCCCC/C=C\CCCCCCCCC)COC(=O)CCCCCCC/C=C\CCCCCCCCC. The van der Waals surface area contributed by atoms with E-state index in [1.54, 1.807) is 0 Å². The Kier molecular flexibility index (Phi) is 50.3. The molecule has 1 unspecified atom stereocenters. The van der Waals surface area contributed by atoms with E-state index in [1.165, 1.54) is 173 Å². The molecule has 0 aromatic heterocycles. The molecule has 0 fully saturated rings. The molecule has 0 amide bonds. The number of rotatable bonds is 50. The third kappa shape index (κ3) is 50.5. The predicted molar refractivity (Wildman–Crippen MR) is 270 cm³/mol. The van der Waals surface area contributed by atoms with Gasteiger partial charge in [0, 0.05) is 19.3 Å². The molecule has 6 heteroatoms. The molecular formula is C57H104O6. The first-order valence-corrected chi connectivity index (χ1v) is 27.5. The molecule has 0 heterocycles. The van der Waals surface area contributed by atoms with Crippen molar-refractivity contribution in [1.29, 1.82) is 0 Å². The maximum Gasteiger partial charge on any atom is 0.306 e. The van der Waals surface area contributed by atoms with E-state index in [2.05, 4.69) is 57.2 Å². The van der Waals surface area contributed by atoms with Crippen molar-refractivity contribution in [2.45, 2.75) is 297 Å². The molecule has 368 valence electrons. The zero-order valence-corrected chi connectivity index (χ0v) is 42.1. The highest BCUT2D eigenvalue weighted by atomic mass is 16.6. The Morgan fingerprint density at radius 3 is 0.825 bits per heavy atom. The molecule has 0 saturated carbocycles. The van der Waals surface area contributed by atoms with Crippen LogP contribution in [0.1, 0.15) is 290 Å². The standard InChI is InChI=1S/C57H104O6/c1-4-7-10-13-16-19-22-25-28-30-32-35-38-41-44-47-50-56(59)62-53-54(52-61-55(58)49-46-43-40-37-34-31-27-24-21-18-15-12-9-6-3)63-57(60)51-48-45-42-39-36-33-29-26-23-20-17-14-11-8-5-2/h20,23,28,30-31,34,54H,4-19,21-22,24-27,29,32-33,35-53H2,1-3H3/b23-20-,30-28-,34-31-. The summed E-state index contributed by atoms with van der Waals surface area (Å²) in [5, 5.41) is 0. The van der Waals surface area contributed by atoms with Crippen molar-refractivity contribution in [3.05, 3.63) is 36.5 Å². The first kappa shape index (κ1) is 60.6. The number of unbranched alkanes of at least 4 members (excludes halogenated alkanes) is 33. The molecule has 0 saturated heterocycles. The quantitative estimate of drug-likeness (QED) is 0.0262. The second kappa shape index (κ2) is 52.3. The van der Waals surface area contributed by atoms with E-state index < -0.39 is 6.10 Å². The van der Waals surface area contributed by atoms with E-state index >= 15 is 0 Å². The summed E-state index contributed by atoms with van der Waals surface area (Å²) in [6, 6.07) is 0. The number of carbonyl (C=O) groups is 3. The highest BCUT2D eigenvalue weighted by Crippen LogP contribution is 2.15. The summed E-state index contributed by atoms with van der Waals surface area (Å²) in [6.07, 6.45) is 61.3. The first-order chi connectivity index (χ1) is 31.0. The summed E-state index contributed by atoms with van der Waals surface area (Å²) < 4.78 is 16.8. The first-order valence-electron chi connectivity index (χ1n) is 27.5. The fourth-order valence-corrected chi connectivity index (χ4v) is 7.90. The van der Waals surface area contributed by atoms with Gasteiger partial charge in [0.2, 0.25) is 0 Å². The molecule has 1 atom stereocenters. The van der Waals surface area contributed by atoms with Crippen molar-refractivity contribution in [3.63, 3.8) is 0 Å². The molecule has 0 bridgehead atoms. The highest BCUT2D eigenvalue weighted by Gasteiger charge is 2.19. The fraction of sp³-hybridized carbons (Fsp3) is 0.842. The smallest absolute Gasteiger partial charge is 0.306 e. The number of esters is 3. The van der Waals surface area contributed by atoms with Crippen LogP contribution < -0.4 is 0 Å². The zero-order chi connectivity index (χ0) is 45.8. The van der Waals surface area contributed by atoms with E-state index in [9.17, 15) is 14.4 Å². The lowest BCUT2D eigenvalue weighted by Crippen LogP contribution is -2.30. The lowest BCUT2D eigenvalue weighted by molar-refractivity contribution is -0.167. The molecule has 0 aromatic carbocycles. The number of carbonyl (C=O) groups excluding carboxylic acids is 3. The van der Waals surface area contributed by atoms with E-state index in [-0.39, 0.29) is 31.1 Å². The van der Waals surface area contributed by atoms with Crippen molar-refractivity contribution in [1.82, 2.24) is 0 Å². The maximum absolute atomic E-state index is 12.8. The Bertz CT molecular complexity index is 1060. The van der Waals surface area contributed by atoms with E-state index in [0.717, 1.165) is 77.0 Å². The summed E-state index contributed by atoms with van der Waals surface area (Å²) in [7, 11) is 0. The van der Waals surface area contributed by atoms with Gasteiger partial charge in [0.05, 0.1) is 0 Å². The minimum absolute atomic E-state index is 0.0811. The molecule has 0 aromatic rings. The number of hydrogen-bond acceptors (Lipinski definition) is 6. The van der Waals surface area contributed by atoms with Crippen LogP contribution in [0.15, 0.2) is 36.5 Å². The molecule has 6 nitrogen and oxygen atoms in total. The molecule has 0 N–H and O–H groups in total. The normalized spacial score (nSPS) is 12.2. The predicted octanol–water partition coefficient (Wildman–Crippen LogP) is 18.1. The molecular weight excluding hydrogens is 781 g/mol. The molecule has 0 aliphatic carbocycles. The second-order valence-corrected chi connectivity index (χ2v) is 18.5. The van der Waals surface area contributed by atoms with Crippen LogP contribution in [0.2, 0.25) is 0 Å². The fourth-order valence-electron chi connectivity index (χ4n) is 7.90. The minimum Gasteiger partial charge on any atom is -0.462 e. The summed E-state index contributed by atoms with van der Waals surface area (Å²) in [4.78, 5) is 38.0. The van der Waals surface area contributed by atoms with Crippen LogP contribution in [0.3, 0.4) is 0 Å². The Morgan fingerprint density at radius 1 is 0.302 bits per heavy atom. The lowest BCUT2D eigenvalue weighted by Gasteiger charge is -2.18. The molecule has 0 radical (unpaired) electrons. The van der Waals surface area contributed by atoms with Crippen molar-refractivity contribution >= 4 is 17.9 Å². The average molecular weight is 885 g/mol. The number of hydrogen-bond donors (Lipinski definition) is 0. The Hall–Kier alpha value is -2.37. The van der Waals surface area contributed by atoms with Crippen LogP contribution in [-0.4, -0.2) is 37.2 Å². The Morgan fingerprint density at radius 2 is 0.524 bits per heavy atom. The van der Waals surface area contributed by atoms with E-state index in [1.807, 2.05) is 0 Å². The Labute approximate surface area is 391 Å². The van der Waals surface area contributed by atoms with Gasteiger partial charge in [0.1, 0.15) is 13.2 Å². The van der Waals surface area contributed by atoms with Gasteiger partial charge in [0.25, 0.3) is 0 Å². The van der Waals surface area contributed by atoms with Crippen LogP contribution >= 0.6 is 0 Å².